The first kappa shape index (κ1) is 26.8. The molecule has 0 aliphatic heterocycles. The average Bonchev–Trinajstić information content (AvgIpc) is 3.35. The van der Waals surface area contributed by atoms with Crippen molar-refractivity contribution in [1.82, 2.24) is 0 Å². The summed E-state index contributed by atoms with van der Waals surface area (Å²) in [7, 11) is 0. The van der Waals surface area contributed by atoms with Gasteiger partial charge in [-0.25, -0.2) is 0 Å². The third kappa shape index (κ3) is 5.54. The summed E-state index contributed by atoms with van der Waals surface area (Å²) in [5.41, 5.74) is 9.11. The summed E-state index contributed by atoms with van der Waals surface area (Å²) in [4.78, 5) is 0. The van der Waals surface area contributed by atoms with Crippen LogP contribution in [0.2, 0.25) is 0 Å². The Hall–Kier alpha value is -1.44. The molecule has 0 radical (unpaired) electrons. The quantitative estimate of drug-likeness (QED) is 0.533. The maximum Gasteiger partial charge on any atom is -1.00 e. The number of rotatable bonds is 6. The van der Waals surface area contributed by atoms with E-state index < -0.39 is 17.4 Å². The predicted molar refractivity (Wildman–Crippen MR) is 127 cm³/mol. The Balaban J connectivity index is 0.00000181. The molecule has 0 fully saturated rings. The van der Waals surface area contributed by atoms with E-state index >= 15 is 0 Å². The van der Waals surface area contributed by atoms with Gasteiger partial charge in [0.05, 0.1) is 0 Å². The summed E-state index contributed by atoms with van der Waals surface area (Å²) >= 11 is -1.93. The van der Waals surface area contributed by atoms with Gasteiger partial charge >= 0.3 is 189 Å². The van der Waals surface area contributed by atoms with Gasteiger partial charge in [0, 0.05) is 0 Å². The minimum atomic E-state index is -1.93. The monoisotopic (exact) mass is 498 g/mol. The molecule has 0 saturated heterocycles. The van der Waals surface area contributed by atoms with Gasteiger partial charge in [0.15, 0.2) is 0 Å². The Morgan fingerprint density at radius 3 is 1.34 bits per heavy atom. The maximum absolute atomic E-state index is 2.48. The first-order valence-corrected chi connectivity index (χ1v) is 13.6. The van der Waals surface area contributed by atoms with Crippen LogP contribution in [0.4, 0.5) is 0 Å². The summed E-state index contributed by atoms with van der Waals surface area (Å²) in [6.45, 7) is 9.32. The molecule has 2 aromatic rings. The molecule has 0 N–H and O–H groups in total. The molecular formula is C29H32Cl2Ti. The Kier molecular flexibility index (Phi) is 10.2. The van der Waals surface area contributed by atoms with Crippen LogP contribution in [0.5, 0.6) is 0 Å². The van der Waals surface area contributed by atoms with Crippen LogP contribution in [0.25, 0.3) is 0 Å². The normalized spacial score (nSPS) is 14.8. The van der Waals surface area contributed by atoms with E-state index in [-0.39, 0.29) is 24.8 Å². The summed E-state index contributed by atoms with van der Waals surface area (Å²) in [6, 6.07) is 22.4. The van der Waals surface area contributed by atoms with Gasteiger partial charge in [-0.15, -0.1) is 0 Å². The minimum absolute atomic E-state index is 0. The molecule has 0 saturated carbocycles. The van der Waals surface area contributed by atoms with Crippen molar-refractivity contribution in [2.75, 3.05) is 0 Å². The van der Waals surface area contributed by atoms with E-state index in [0.29, 0.717) is 0 Å². The van der Waals surface area contributed by atoms with E-state index in [1.807, 2.05) is 0 Å². The topological polar surface area (TPSA) is 0 Å². The van der Waals surface area contributed by atoms with Crippen LogP contribution in [-0.4, -0.2) is 3.81 Å². The summed E-state index contributed by atoms with van der Waals surface area (Å²) in [5, 5.41) is 0. The molecule has 0 spiro atoms. The summed E-state index contributed by atoms with van der Waals surface area (Å²) in [5.74, 6) is 0. The van der Waals surface area contributed by atoms with Crippen LogP contribution in [0, 0.1) is 0 Å². The Morgan fingerprint density at radius 2 is 1.03 bits per heavy atom. The molecular weight excluding hydrogens is 467 g/mol. The molecule has 2 aromatic carbocycles. The van der Waals surface area contributed by atoms with Gasteiger partial charge in [-0.3, -0.25) is 0 Å². The standard InChI is InChI=1S/C13H10.2C8H11.2ClH.Ti/c1-3-7-12(8-4-1)11-13-9-5-2-6-10-13;2*1-3-8-5-4-7(2)6-8;;;/h1-10H;2*6H,3,5H2,1-2H3;2*1H;/q;;;;;+2/p-2. The van der Waals surface area contributed by atoms with Crippen molar-refractivity contribution in [3.63, 3.8) is 0 Å². The van der Waals surface area contributed by atoms with Crippen molar-refractivity contribution < 1.29 is 42.2 Å². The predicted octanol–water partition coefficient (Wildman–Crippen LogP) is 1.91. The van der Waals surface area contributed by atoms with Crippen LogP contribution in [-0.2, 0) is 17.4 Å². The van der Waals surface area contributed by atoms with Crippen molar-refractivity contribution in [3.8, 4) is 0 Å². The zero-order chi connectivity index (χ0) is 21.1. The Bertz CT molecular complexity index is 1010. The molecule has 0 atom stereocenters. The van der Waals surface area contributed by atoms with Crippen LogP contribution in [0.15, 0.2) is 103 Å². The summed E-state index contributed by atoms with van der Waals surface area (Å²) < 4.78 is 5.14. The van der Waals surface area contributed by atoms with Crippen LogP contribution in [0.1, 0.15) is 64.5 Å². The maximum atomic E-state index is 2.48. The van der Waals surface area contributed by atoms with E-state index in [9.17, 15) is 0 Å². The minimum Gasteiger partial charge on any atom is -1.00 e. The van der Waals surface area contributed by atoms with Crippen molar-refractivity contribution >= 4 is 3.81 Å². The largest absolute Gasteiger partial charge is 1.00 e. The van der Waals surface area contributed by atoms with E-state index in [2.05, 4.69) is 101 Å². The molecule has 0 aromatic heterocycles. The number of benzene rings is 2. The Labute approximate surface area is 212 Å². The van der Waals surface area contributed by atoms with E-state index in [0.717, 1.165) is 12.8 Å². The number of hydrogen-bond acceptors (Lipinski definition) is 0. The first-order valence-electron chi connectivity index (χ1n) is 11.3. The second-order valence-corrected chi connectivity index (χ2v) is 12.3. The molecule has 0 heterocycles. The van der Waals surface area contributed by atoms with Crippen molar-refractivity contribution in [3.05, 3.63) is 114 Å². The molecule has 0 bridgehead atoms. The van der Waals surface area contributed by atoms with Crippen molar-refractivity contribution in [2.24, 2.45) is 0 Å². The number of hydrogen-bond donors (Lipinski definition) is 0. The van der Waals surface area contributed by atoms with Gasteiger partial charge in [0.2, 0.25) is 0 Å². The number of halogens is 2. The van der Waals surface area contributed by atoms with Gasteiger partial charge in [0.25, 0.3) is 0 Å². The second kappa shape index (κ2) is 12.1. The fourth-order valence-electron chi connectivity index (χ4n) is 4.80. The van der Waals surface area contributed by atoms with Gasteiger partial charge in [-0.05, 0) is 0 Å². The van der Waals surface area contributed by atoms with Crippen LogP contribution < -0.4 is 24.8 Å². The average molecular weight is 499 g/mol. The van der Waals surface area contributed by atoms with Gasteiger partial charge in [0.1, 0.15) is 0 Å². The molecule has 0 amide bonds. The fourth-order valence-corrected chi connectivity index (χ4v) is 10.4. The van der Waals surface area contributed by atoms with E-state index in [4.69, 9.17) is 0 Å². The molecule has 3 heteroatoms. The zero-order valence-electron chi connectivity index (χ0n) is 19.5. The van der Waals surface area contributed by atoms with Crippen LogP contribution >= 0.6 is 0 Å². The number of allylic oxidation sites excluding steroid dienone is 8. The van der Waals surface area contributed by atoms with Crippen LogP contribution in [0.3, 0.4) is 0 Å². The third-order valence-corrected chi connectivity index (χ3v) is 11.8. The van der Waals surface area contributed by atoms with E-state index in [1.54, 1.807) is 22.7 Å². The summed E-state index contributed by atoms with van der Waals surface area (Å²) in [6.07, 6.45) is 9.64. The smallest absolute Gasteiger partial charge is 1.00 e. The SMILES string of the molecule is CCC1=CC(C)=[C]([Ti+2]([C]2=C(C)C=C(CC)C2)=[C](c2ccccc2)c2ccccc2)C1.[Cl-].[Cl-]. The molecule has 32 heavy (non-hydrogen) atoms. The fraction of sp³-hybridized carbons (Fsp3) is 0.276. The third-order valence-electron chi connectivity index (χ3n) is 6.49. The van der Waals surface area contributed by atoms with Gasteiger partial charge in [-0.2, -0.15) is 0 Å². The van der Waals surface area contributed by atoms with Crippen molar-refractivity contribution in [1.29, 1.82) is 0 Å². The molecule has 2 aliphatic carbocycles. The second-order valence-electron chi connectivity index (χ2n) is 8.47. The molecule has 0 nitrogen and oxygen atoms in total. The van der Waals surface area contributed by atoms with Gasteiger partial charge < -0.3 is 24.8 Å². The molecule has 166 valence electrons. The molecule has 2 aliphatic rings. The molecule has 0 unspecified atom stereocenters. The van der Waals surface area contributed by atoms with Crippen molar-refractivity contribution in [2.45, 2.75) is 53.4 Å². The Morgan fingerprint density at radius 1 is 0.656 bits per heavy atom. The van der Waals surface area contributed by atoms with E-state index in [1.165, 1.54) is 35.1 Å². The van der Waals surface area contributed by atoms with Gasteiger partial charge in [-0.1, -0.05) is 0 Å². The molecule has 4 rings (SSSR count). The zero-order valence-corrected chi connectivity index (χ0v) is 22.6. The first-order chi connectivity index (χ1) is 14.6.